The van der Waals surface area contributed by atoms with Gasteiger partial charge in [-0.05, 0) is 36.6 Å². The molecule has 0 amide bonds. The molecule has 0 fully saturated rings. The Kier molecular flexibility index (Phi) is 5.77. The van der Waals surface area contributed by atoms with Crippen LogP contribution >= 0.6 is 0 Å². The summed E-state index contributed by atoms with van der Waals surface area (Å²) in [6.45, 7) is 0.705. The first kappa shape index (κ1) is 24.2. The molecule has 0 spiro atoms. The number of ether oxygens (including phenoxy) is 1. The van der Waals surface area contributed by atoms with Crippen molar-refractivity contribution in [1.82, 2.24) is 0 Å². The van der Waals surface area contributed by atoms with Gasteiger partial charge in [0.2, 0.25) is 0 Å². The normalized spacial score (nSPS) is 21.6. The second-order valence-corrected chi connectivity index (χ2v) is 9.81. The number of allylic oxidation sites excluding steroid dienone is 2. The Morgan fingerprint density at radius 2 is 1.58 bits per heavy atom. The Bertz CT molecular complexity index is 1560. The van der Waals surface area contributed by atoms with Crippen LogP contribution in [0.15, 0.2) is 62.9 Å². The Hall–Kier alpha value is -3.43. The van der Waals surface area contributed by atoms with Crippen molar-refractivity contribution in [1.29, 1.82) is 10.5 Å². The van der Waals surface area contributed by atoms with E-state index in [9.17, 15) is 34.7 Å². The molecule has 0 heterocycles. The lowest BCUT2D eigenvalue weighted by molar-refractivity contribution is 0.0308. The molecule has 172 valence electrons. The molecule has 0 bridgehead atoms. The molecular weight excluding hydrogens is 489 g/mol. The van der Waals surface area contributed by atoms with E-state index in [0.29, 0.717) is 13.0 Å². The fourth-order valence-corrected chi connectivity index (χ4v) is 4.23. The number of halogens is 3. The number of nitriles is 2. The van der Waals surface area contributed by atoms with Crippen LogP contribution in [0.4, 0.5) is 13.2 Å². The van der Waals surface area contributed by atoms with Gasteiger partial charge in [-0.3, -0.25) is 9.11 Å². The monoisotopic (exact) mass is 500 g/mol. The molecule has 9 nitrogen and oxygen atoms in total. The van der Waals surface area contributed by atoms with E-state index in [4.69, 9.17) is 15.3 Å². The van der Waals surface area contributed by atoms with Gasteiger partial charge in [0.25, 0.3) is 20.2 Å². The van der Waals surface area contributed by atoms with E-state index in [-0.39, 0.29) is 10.8 Å². The van der Waals surface area contributed by atoms with E-state index in [1.807, 2.05) is 0 Å². The van der Waals surface area contributed by atoms with Crippen LogP contribution in [-0.4, -0.2) is 37.7 Å². The third-order valence-corrected chi connectivity index (χ3v) is 6.55. The summed E-state index contributed by atoms with van der Waals surface area (Å²) >= 11 is 0. The highest BCUT2D eigenvalue weighted by Crippen LogP contribution is 2.44. The van der Waals surface area contributed by atoms with E-state index in [1.54, 1.807) is 0 Å². The van der Waals surface area contributed by atoms with Gasteiger partial charge >= 0.3 is 0 Å². The minimum Gasteiger partial charge on any atom is -0.476 e. The summed E-state index contributed by atoms with van der Waals surface area (Å²) in [7, 11) is -9.70. The van der Waals surface area contributed by atoms with Gasteiger partial charge in [-0.1, -0.05) is 0 Å². The molecule has 2 aromatic carbocycles. The van der Waals surface area contributed by atoms with Crippen LogP contribution < -0.4 is 4.74 Å². The van der Waals surface area contributed by atoms with Crippen molar-refractivity contribution < 1.29 is 43.8 Å². The highest BCUT2D eigenvalue weighted by molar-refractivity contribution is 7.86. The van der Waals surface area contributed by atoms with Crippen molar-refractivity contribution in [3.05, 3.63) is 53.1 Å². The van der Waals surface area contributed by atoms with E-state index in [1.165, 1.54) is 12.1 Å². The quantitative estimate of drug-likeness (QED) is 0.599. The summed E-state index contributed by atoms with van der Waals surface area (Å²) < 4.78 is 114. The lowest BCUT2D eigenvalue weighted by atomic mass is 9.84. The molecule has 33 heavy (non-hydrogen) atoms. The molecule has 0 aliphatic heterocycles. The van der Waals surface area contributed by atoms with Gasteiger partial charge in [0.05, 0.1) is 21.4 Å². The zero-order valence-corrected chi connectivity index (χ0v) is 17.9. The van der Waals surface area contributed by atoms with Gasteiger partial charge in [0.1, 0.15) is 17.4 Å². The summed E-state index contributed by atoms with van der Waals surface area (Å²) in [5.41, 5.74) is -5.12. The summed E-state index contributed by atoms with van der Waals surface area (Å²) in [6, 6.07) is 6.57. The van der Waals surface area contributed by atoms with Crippen molar-refractivity contribution in [3.8, 4) is 17.9 Å². The fraction of sp³-hybridized carbons (Fsp3) is 0.158. The predicted octanol–water partition coefficient (Wildman–Crippen LogP) is 3.32. The maximum absolute atomic E-state index is 15.1. The van der Waals surface area contributed by atoms with Gasteiger partial charge in [0, 0.05) is 11.5 Å². The number of alkyl halides is 1. The number of benzene rings is 2. The van der Waals surface area contributed by atoms with Gasteiger partial charge < -0.3 is 4.74 Å². The third kappa shape index (κ3) is 4.05. The maximum Gasteiger partial charge on any atom is 0.294 e. The van der Waals surface area contributed by atoms with Crippen LogP contribution in [0.1, 0.15) is 6.92 Å². The van der Waals surface area contributed by atoms with Crippen molar-refractivity contribution in [3.63, 3.8) is 0 Å². The maximum atomic E-state index is 15.1. The largest absolute Gasteiger partial charge is 0.476 e. The van der Waals surface area contributed by atoms with Gasteiger partial charge in [-0.25, -0.2) is 13.2 Å². The molecule has 1 aliphatic rings. The zero-order valence-electron chi connectivity index (χ0n) is 16.2. The minimum absolute atomic E-state index is 0.148. The van der Waals surface area contributed by atoms with Crippen molar-refractivity contribution in [2.75, 3.05) is 0 Å². The molecule has 0 saturated carbocycles. The molecule has 2 N–H and O–H groups in total. The van der Waals surface area contributed by atoms with E-state index >= 15 is 4.39 Å². The molecule has 1 aliphatic carbocycles. The highest BCUT2D eigenvalue weighted by Gasteiger charge is 2.51. The van der Waals surface area contributed by atoms with Crippen LogP contribution in [0.2, 0.25) is 0 Å². The van der Waals surface area contributed by atoms with Gasteiger partial charge in [-0.15, -0.1) is 0 Å². The fourth-order valence-electron chi connectivity index (χ4n) is 3.19. The molecule has 0 saturated heterocycles. The first-order valence-corrected chi connectivity index (χ1v) is 11.5. The van der Waals surface area contributed by atoms with Crippen molar-refractivity contribution in [2.45, 2.75) is 28.5 Å². The van der Waals surface area contributed by atoms with Crippen LogP contribution in [-0.2, 0) is 20.2 Å². The first-order chi connectivity index (χ1) is 15.1. The van der Waals surface area contributed by atoms with Gasteiger partial charge in [0.15, 0.2) is 23.4 Å². The Labute approximate surface area is 185 Å². The number of rotatable bonds is 4. The van der Waals surface area contributed by atoms with Crippen LogP contribution in [0, 0.1) is 22.7 Å². The molecule has 0 radical (unpaired) electrons. The van der Waals surface area contributed by atoms with Crippen molar-refractivity contribution in [2.24, 2.45) is 0 Å². The molecule has 3 rings (SSSR count). The van der Waals surface area contributed by atoms with E-state index in [2.05, 4.69) is 0 Å². The smallest absolute Gasteiger partial charge is 0.294 e. The average molecular weight is 500 g/mol. The average Bonchev–Trinajstić information content (AvgIpc) is 2.73. The lowest BCUT2D eigenvalue weighted by Gasteiger charge is -2.35. The molecule has 2 unspecified atom stereocenters. The number of nitrogens with zero attached hydrogens (tertiary/aromatic N) is 2. The highest BCUT2D eigenvalue weighted by atomic mass is 32.2. The lowest BCUT2D eigenvalue weighted by Crippen LogP contribution is -2.47. The number of fused-ring (bicyclic) bond motifs is 1. The van der Waals surface area contributed by atoms with Crippen molar-refractivity contribution >= 4 is 31.0 Å². The Balaban J connectivity index is 2.31. The molecule has 0 aromatic heterocycles. The minimum atomic E-state index is -4.96. The SMILES string of the molecule is CC1(Oc2cc(S(=O)(=O)O)cc3cc(S(=O)(=O)O)ccc23)C(F)=C(F)C(C#N)=C(C#N)C1F. The van der Waals surface area contributed by atoms with Crippen LogP contribution in [0.3, 0.4) is 0 Å². The van der Waals surface area contributed by atoms with Gasteiger partial charge in [-0.2, -0.15) is 27.4 Å². The van der Waals surface area contributed by atoms with E-state index in [0.717, 1.165) is 24.3 Å². The summed E-state index contributed by atoms with van der Waals surface area (Å²) in [5, 5.41) is 17.7. The summed E-state index contributed by atoms with van der Waals surface area (Å²) in [6.07, 6.45) is -2.71. The molecule has 14 heteroatoms. The number of hydrogen-bond donors (Lipinski definition) is 2. The standard InChI is InChI=1S/C19H11F3N2O7S2/c1-19(17(21)14(8-24)13(7-23)16(20)18(19)22)31-15-6-11(33(28,29)30)5-9-4-10(32(25,26)27)2-3-12(9)15/h2-6,17H,1H3,(H,25,26,27)(H,28,29,30). The van der Waals surface area contributed by atoms with E-state index < -0.39 is 70.3 Å². The topological polar surface area (TPSA) is 166 Å². The summed E-state index contributed by atoms with van der Waals surface area (Å²) in [5.74, 6) is -4.40. The predicted molar refractivity (Wildman–Crippen MR) is 105 cm³/mol. The Morgan fingerprint density at radius 3 is 2.09 bits per heavy atom. The molecular formula is C19H11F3N2O7S2. The van der Waals surface area contributed by atoms with Crippen LogP contribution in [0.5, 0.6) is 5.75 Å². The molecule has 2 aromatic rings. The zero-order chi connectivity index (χ0) is 24.9. The molecule has 2 atom stereocenters. The third-order valence-electron chi connectivity index (χ3n) is 4.86. The first-order valence-electron chi connectivity index (χ1n) is 8.61. The van der Waals surface area contributed by atoms with Crippen LogP contribution in [0.25, 0.3) is 10.8 Å². The second kappa shape index (κ2) is 7.86. The summed E-state index contributed by atoms with van der Waals surface area (Å²) in [4.78, 5) is -1.56. The second-order valence-electron chi connectivity index (χ2n) is 6.97. The Morgan fingerprint density at radius 1 is 1.00 bits per heavy atom. The number of hydrogen-bond acceptors (Lipinski definition) is 7.